The highest BCUT2D eigenvalue weighted by Gasteiger charge is 2.78. The molecule has 0 amide bonds. The summed E-state index contributed by atoms with van der Waals surface area (Å²) < 4.78 is 32.9. The van der Waals surface area contributed by atoms with Crippen LogP contribution < -0.4 is 0 Å². The average molecular weight is 673 g/mol. The van der Waals surface area contributed by atoms with Crippen molar-refractivity contribution in [2.24, 2.45) is 16.7 Å². The van der Waals surface area contributed by atoms with Crippen LogP contribution in [0.25, 0.3) is 0 Å². The summed E-state index contributed by atoms with van der Waals surface area (Å²) in [7, 11) is -5.12. The fraction of sp³-hybridized carbons (Fsp3) is 0.676. The van der Waals surface area contributed by atoms with E-state index in [2.05, 4.69) is 26.2 Å². The fourth-order valence-corrected chi connectivity index (χ4v) is 20.5. The van der Waals surface area contributed by atoms with Gasteiger partial charge in [0.15, 0.2) is 28.0 Å². The first-order chi connectivity index (χ1) is 21.2. The number of ether oxygens (including phenoxy) is 3. The van der Waals surface area contributed by atoms with Gasteiger partial charge >= 0.3 is 11.9 Å². The van der Waals surface area contributed by atoms with E-state index in [4.69, 9.17) is 23.1 Å². The Kier molecular flexibility index (Phi) is 7.80. The molecule has 9 atom stereocenters. The summed E-state index contributed by atoms with van der Waals surface area (Å²) >= 11 is 0. The Hall–Kier alpha value is -2.20. The van der Waals surface area contributed by atoms with Gasteiger partial charge in [0, 0.05) is 25.2 Å². The molecule has 3 aliphatic carbocycles. The van der Waals surface area contributed by atoms with Gasteiger partial charge in [-0.25, -0.2) is 4.79 Å². The summed E-state index contributed by atoms with van der Waals surface area (Å²) in [5, 5.41) is 24.9. The maximum Gasteiger partial charge on any atom is 0.338 e. The van der Waals surface area contributed by atoms with Gasteiger partial charge in [0.2, 0.25) is 0 Å². The van der Waals surface area contributed by atoms with Gasteiger partial charge in [-0.05, 0) is 69.0 Å². The van der Waals surface area contributed by atoms with E-state index in [0.29, 0.717) is 16.8 Å². The zero-order valence-corrected chi connectivity index (χ0v) is 30.3. The van der Waals surface area contributed by atoms with Gasteiger partial charge in [-0.1, -0.05) is 32.0 Å². The molecule has 10 nitrogen and oxygen atoms in total. The van der Waals surface area contributed by atoms with Gasteiger partial charge in [0.1, 0.15) is 23.9 Å². The van der Waals surface area contributed by atoms with Crippen molar-refractivity contribution in [1.82, 2.24) is 0 Å². The largest absolute Gasteiger partial charge is 0.455 e. The molecule has 6 rings (SSSR count). The molecule has 46 heavy (non-hydrogen) atoms. The van der Waals surface area contributed by atoms with Crippen LogP contribution in [0.3, 0.4) is 0 Å². The van der Waals surface area contributed by atoms with Gasteiger partial charge in [0.05, 0.1) is 35.7 Å². The lowest BCUT2D eigenvalue weighted by Gasteiger charge is -2.68. The molecule has 2 aliphatic heterocycles. The maximum atomic E-state index is 15.6. The molecule has 4 fully saturated rings. The molecule has 1 aromatic carbocycles. The lowest BCUT2D eigenvalue weighted by molar-refractivity contribution is -0.344. The molecule has 2 saturated carbocycles. The summed E-state index contributed by atoms with van der Waals surface area (Å²) in [5.41, 5.74) is -4.00. The van der Waals surface area contributed by atoms with Gasteiger partial charge in [-0.15, -0.1) is 0 Å². The number of ketones is 1. The topological polar surface area (TPSA) is 138 Å². The minimum absolute atomic E-state index is 0.0513. The lowest BCUT2D eigenvalue weighted by atomic mass is 9.44. The number of esters is 2. The molecular weight excluding hydrogens is 625 g/mol. The standard InChI is InChI=1S/C34H48O10Si2/c1-19-22(36)16-34(39)29(41-30(38)21-13-11-10-12-14-21)27-32(5)23(15-24-33(27,17-40-24)42-20(2)35)43-45(6,7)18-46(8,9)44-26(28(32)37)25(19)31(34,3)4/h10-14,22-24,26-27,29,36,39H,15-18H2,1-9H3/t22?,23-,24+,26+,27?,29?,32+,33-,34+/m0/s1. The average Bonchev–Trinajstić information content (AvgIpc) is 2.95. The van der Waals surface area contributed by atoms with Crippen molar-refractivity contribution in [2.75, 3.05) is 6.61 Å². The molecule has 1 aromatic rings. The second kappa shape index (κ2) is 10.7. The van der Waals surface area contributed by atoms with Crippen LogP contribution in [0, 0.1) is 16.7 Å². The number of benzene rings is 1. The highest BCUT2D eigenvalue weighted by molar-refractivity contribution is 6.89. The summed E-state index contributed by atoms with van der Waals surface area (Å²) in [6, 6.07) is 8.45. The Morgan fingerprint density at radius 3 is 2.22 bits per heavy atom. The first kappa shape index (κ1) is 33.7. The van der Waals surface area contributed by atoms with E-state index in [9.17, 15) is 19.8 Å². The molecule has 0 radical (unpaired) electrons. The Morgan fingerprint density at radius 2 is 1.63 bits per heavy atom. The zero-order valence-electron chi connectivity index (χ0n) is 28.3. The molecular formula is C34H48O10Si2. The predicted octanol–water partition coefficient (Wildman–Crippen LogP) is 4.09. The Bertz CT molecular complexity index is 1490. The van der Waals surface area contributed by atoms with E-state index in [1.165, 1.54) is 6.92 Å². The van der Waals surface area contributed by atoms with E-state index >= 15 is 4.79 Å². The van der Waals surface area contributed by atoms with Crippen molar-refractivity contribution in [2.45, 2.75) is 121 Å². The number of fused-ring (bicyclic) bond motifs is 6. The van der Waals surface area contributed by atoms with Crippen molar-refractivity contribution in [3.63, 3.8) is 0 Å². The van der Waals surface area contributed by atoms with Crippen LogP contribution in [0.5, 0.6) is 0 Å². The number of aliphatic hydroxyl groups is 2. The van der Waals surface area contributed by atoms with Crippen molar-refractivity contribution in [3.8, 4) is 0 Å². The molecule has 252 valence electrons. The minimum atomic E-state index is -2.61. The van der Waals surface area contributed by atoms with Crippen molar-refractivity contribution >= 4 is 34.4 Å². The van der Waals surface area contributed by atoms with Crippen LogP contribution in [0.2, 0.25) is 31.9 Å². The van der Waals surface area contributed by atoms with Crippen LogP contribution in [0.15, 0.2) is 41.5 Å². The van der Waals surface area contributed by atoms with Crippen molar-refractivity contribution in [1.29, 1.82) is 0 Å². The van der Waals surface area contributed by atoms with E-state index < -0.39 is 87.0 Å². The first-order valence-electron chi connectivity index (χ1n) is 16.3. The van der Waals surface area contributed by atoms with Crippen LogP contribution in [-0.2, 0) is 32.7 Å². The molecule has 12 heteroatoms. The number of hydrogen-bond donors (Lipinski definition) is 2. The third kappa shape index (κ3) is 4.77. The van der Waals surface area contributed by atoms with Crippen LogP contribution >= 0.6 is 0 Å². The number of carbonyl (C=O) groups excluding carboxylic acids is 3. The predicted molar refractivity (Wildman–Crippen MR) is 173 cm³/mol. The van der Waals surface area contributed by atoms with Gasteiger partial charge in [0.25, 0.3) is 0 Å². The molecule has 2 saturated heterocycles. The minimum Gasteiger partial charge on any atom is -0.455 e. The van der Waals surface area contributed by atoms with Gasteiger partial charge in [-0.2, -0.15) is 0 Å². The lowest BCUT2D eigenvalue weighted by Crippen LogP contribution is -2.82. The smallest absolute Gasteiger partial charge is 0.338 e. The zero-order chi connectivity index (χ0) is 33.8. The molecule has 3 unspecified atom stereocenters. The van der Waals surface area contributed by atoms with Crippen LogP contribution in [0.4, 0.5) is 0 Å². The monoisotopic (exact) mass is 672 g/mol. The fourth-order valence-electron chi connectivity index (χ4n) is 9.70. The molecule has 0 spiro atoms. The van der Waals surface area contributed by atoms with E-state index in [1.54, 1.807) is 44.2 Å². The first-order valence-corrected chi connectivity index (χ1v) is 22.5. The molecule has 2 N–H and O–H groups in total. The molecule has 2 heterocycles. The number of aliphatic hydroxyl groups excluding tert-OH is 1. The number of rotatable bonds is 3. The molecule has 5 aliphatic rings. The summed E-state index contributed by atoms with van der Waals surface area (Å²) in [4.78, 5) is 42.5. The molecule has 0 aromatic heterocycles. The van der Waals surface area contributed by atoms with E-state index in [0.717, 1.165) is 0 Å². The number of carbonyl (C=O) groups is 3. The van der Waals surface area contributed by atoms with Gasteiger partial charge in [-0.3, -0.25) is 9.59 Å². The van der Waals surface area contributed by atoms with Crippen molar-refractivity contribution in [3.05, 3.63) is 47.0 Å². The third-order valence-electron chi connectivity index (χ3n) is 11.6. The summed E-state index contributed by atoms with van der Waals surface area (Å²) in [6.07, 6.45) is -4.94. The second-order valence-corrected chi connectivity index (χ2v) is 25.0. The second-order valence-electron chi connectivity index (χ2n) is 16.1. The SMILES string of the molecule is CC(=O)O[C@@]12CO[C@@H]1C[C@@H]1O[Si](C)(C)C[Si](C)(C)O[C@H]3C(=O)[C@@]1(C)C2C(OC(=O)c1ccccc1)[C@]1(O)CC(O)C(C)=C3C1(C)C. The van der Waals surface area contributed by atoms with Crippen LogP contribution in [0.1, 0.15) is 57.8 Å². The highest BCUT2D eigenvalue weighted by atomic mass is 28.4. The quantitative estimate of drug-likeness (QED) is 0.274. The molecule has 4 bridgehead atoms. The Balaban J connectivity index is 1.70. The highest BCUT2D eigenvalue weighted by Crippen LogP contribution is 2.65. The summed E-state index contributed by atoms with van der Waals surface area (Å²) in [5.74, 6) is -2.67. The number of hydrogen-bond acceptors (Lipinski definition) is 10. The van der Waals surface area contributed by atoms with E-state index in [-0.39, 0.29) is 30.8 Å². The van der Waals surface area contributed by atoms with Crippen LogP contribution in [-0.4, -0.2) is 92.9 Å². The van der Waals surface area contributed by atoms with E-state index in [1.807, 2.05) is 13.8 Å². The van der Waals surface area contributed by atoms with Crippen molar-refractivity contribution < 1.29 is 47.7 Å². The van der Waals surface area contributed by atoms with Gasteiger partial charge < -0.3 is 33.3 Å². The Labute approximate surface area is 273 Å². The normalized spacial score (nSPS) is 42.1. The Morgan fingerprint density at radius 1 is 1.00 bits per heavy atom. The summed E-state index contributed by atoms with van der Waals surface area (Å²) in [6.45, 7) is 16.9. The number of Topliss-reactive ketones (excluding diaryl/α,β-unsaturated/α-hetero) is 1. The third-order valence-corrected chi connectivity index (χ3v) is 20.2. The maximum absolute atomic E-state index is 15.6.